The van der Waals surface area contributed by atoms with E-state index in [0.717, 1.165) is 17.1 Å². The lowest BCUT2D eigenvalue weighted by atomic mass is 10.1. The van der Waals surface area contributed by atoms with E-state index in [2.05, 4.69) is 0 Å². The molecule has 1 aliphatic rings. The van der Waals surface area contributed by atoms with Crippen LogP contribution in [-0.2, 0) is 15.0 Å². The molecule has 1 N–H and O–H groups in total. The van der Waals surface area contributed by atoms with Gasteiger partial charge in [-0.1, -0.05) is 6.92 Å². The molecule has 0 radical (unpaired) electrons. The predicted molar refractivity (Wildman–Crippen MR) is 73.0 cm³/mol. The van der Waals surface area contributed by atoms with Crippen molar-refractivity contribution in [3.63, 3.8) is 0 Å². The zero-order valence-corrected chi connectivity index (χ0v) is 12.7. The molecule has 0 spiro atoms. The maximum absolute atomic E-state index is 12.6. The molecule has 1 fully saturated rings. The van der Waals surface area contributed by atoms with Crippen LogP contribution in [0.2, 0.25) is 0 Å². The molecule has 0 bridgehead atoms. The van der Waals surface area contributed by atoms with E-state index in [-0.39, 0.29) is 6.04 Å². The predicted octanol–water partition coefficient (Wildman–Crippen LogP) is 1.29. The molecule has 1 aliphatic heterocycles. The minimum absolute atomic E-state index is 0.165. The second-order valence-electron chi connectivity index (χ2n) is 5.17. The zero-order chi connectivity index (χ0) is 14.6. The van der Waals surface area contributed by atoms with Gasteiger partial charge in [0, 0.05) is 19.1 Å². The lowest BCUT2D eigenvalue weighted by molar-refractivity contribution is -0.142. The van der Waals surface area contributed by atoms with Crippen molar-refractivity contribution in [1.82, 2.24) is 8.61 Å². The van der Waals surface area contributed by atoms with E-state index < -0.39 is 22.2 Å². The summed E-state index contributed by atoms with van der Waals surface area (Å²) < 4.78 is 27.8. The Balaban J connectivity index is 3.04. The molecule has 0 aromatic rings. The van der Waals surface area contributed by atoms with Gasteiger partial charge in [0.25, 0.3) is 10.2 Å². The van der Waals surface area contributed by atoms with Crippen LogP contribution in [0.5, 0.6) is 0 Å². The van der Waals surface area contributed by atoms with Gasteiger partial charge in [-0.2, -0.15) is 17.0 Å². The van der Waals surface area contributed by atoms with Crippen LogP contribution in [0, 0.1) is 0 Å². The molecule has 0 aromatic carbocycles. The van der Waals surface area contributed by atoms with Crippen LogP contribution in [0.15, 0.2) is 0 Å². The molecular formula is C12H24N2O4S. The van der Waals surface area contributed by atoms with Crippen molar-refractivity contribution in [2.45, 2.75) is 58.5 Å². The van der Waals surface area contributed by atoms with Crippen molar-refractivity contribution in [3.05, 3.63) is 0 Å². The van der Waals surface area contributed by atoms with Gasteiger partial charge < -0.3 is 5.11 Å². The minimum Gasteiger partial charge on any atom is -0.480 e. The summed E-state index contributed by atoms with van der Waals surface area (Å²) in [6.07, 6.45) is 2.59. The first-order valence-corrected chi connectivity index (χ1v) is 8.23. The average molecular weight is 292 g/mol. The third-order valence-corrected chi connectivity index (χ3v) is 5.58. The molecule has 0 aliphatic carbocycles. The van der Waals surface area contributed by atoms with Crippen LogP contribution >= 0.6 is 0 Å². The van der Waals surface area contributed by atoms with Crippen molar-refractivity contribution in [2.24, 2.45) is 0 Å². The molecule has 0 aromatic heterocycles. The molecule has 6 nitrogen and oxygen atoms in total. The number of hydrogen-bond donors (Lipinski definition) is 1. The topological polar surface area (TPSA) is 77.9 Å². The maximum atomic E-state index is 12.6. The van der Waals surface area contributed by atoms with Gasteiger partial charge >= 0.3 is 5.97 Å². The monoisotopic (exact) mass is 292 g/mol. The molecule has 0 amide bonds. The van der Waals surface area contributed by atoms with Crippen molar-refractivity contribution in [1.29, 1.82) is 0 Å². The fourth-order valence-corrected chi connectivity index (χ4v) is 4.52. The second kappa shape index (κ2) is 6.67. The summed E-state index contributed by atoms with van der Waals surface area (Å²) in [4.78, 5) is 11.2. The minimum atomic E-state index is -3.69. The van der Waals surface area contributed by atoms with E-state index in [1.165, 1.54) is 4.31 Å². The number of aliphatic carboxylic acids is 1. The normalized spacial score (nSPS) is 22.1. The largest absolute Gasteiger partial charge is 0.480 e. The van der Waals surface area contributed by atoms with Crippen LogP contribution < -0.4 is 0 Å². The van der Waals surface area contributed by atoms with Crippen LogP contribution in [0.25, 0.3) is 0 Å². The first-order chi connectivity index (χ1) is 8.82. The molecule has 0 saturated carbocycles. The van der Waals surface area contributed by atoms with Crippen molar-refractivity contribution in [3.8, 4) is 0 Å². The third-order valence-electron chi connectivity index (χ3n) is 3.35. The van der Waals surface area contributed by atoms with Crippen LogP contribution in [0.1, 0.15) is 46.5 Å². The van der Waals surface area contributed by atoms with E-state index in [1.807, 2.05) is 20.8 Å². The number of carbonyl (C=O) groups is 1. The molecule has 112 valence electrons. The van der Waals surface area contributed by atoms with E-state index in [9.17, 15) is 18.3 Å². The molecule has 1 unspecified atom stereocenters. The Bertz CT molecular complexity index is 408. The van der Waals surface area contributed by atoms with Gasteiger partial charge in [0.15, 0.2) is 0 Å². The maximum Gasteiger partial charge on any atom is 0.322 e. The van der Waals surface area contributed by atoms with E-state index in [4.69, 9.17) is 0 Å². The summed E-state index contributed by atoms with van der Waals surface area (Å²) >= 11 is 0. The summed E-state index contributed by atoms with van der Waals surface area (Å²) in [6.45, 7) is 6.25. The Hall–Kier alpha value is -0.660. The number of nitrogens with zero attached hydrogens (tertiary/aromatic N) is 2. The highest BCUT2D eigenvalue weighted by Gasteiger charge is 2.40. The Kier molecular flexibility index (Phi) is 5.76. The number of carboxylic acids is 1. The van der Waals surface area contributed by atoms with E-state index >= 15 is 0 Å². The lowest BCUT2D eigenvalue weighted by Gasteiger charge is -2.37. The molecule has 1 atom stereocenters. The van der Waals surface area contributed by atoms with E-state index in [0.29, 0.717) is 25.9 Å². The standard InChI is InChI=1S/C12H24N2O4S/c1-4-8-13(10(2)3)19(17,18)14-9-6-5-7-11(14)12(15)16/h10-11H,4-9H2,1-3H3,(H,15,16). The van der Waals surface area contributed by atoms with Gasteiger partial charge in [0.2, 0.25) is 0 Å². The Morgan fingerprint density at radius 2 is 2.05 bits per heavy atom. The lowest BCUT2D eigenvalue weighted by Crippen LogP contribution is -2.54. The molecule has 1 saturated heterocycles. The smallest absolute Gasteiger partial charge is 0.322 e. The fourth-order valence-electron chi connectivity index (χ4n) is 2.42. The van der Waals surface area contributed by atoms with Gasteiger partial charge in [-0.05, 0) is 39.5 Å². The zero-order valence-electron chi connectivity index (χ0n) is 11.9. The van der Waals surface area contributed by atoms with Crippen molar-refractivity contribution >= 4 is 16.2 Å². The highest BCUT2D eigenvalue weighted by atomic mass is 32.2. The van der Waals surface area contributed by atoms with E-state index in [1.54, 1.807) is 0 Å². The van der Waals surface area contributed by atoms with Gasteiger partial charge in [-0.3, -0.25) is 4.79 Å². The summed E-state index contributed by atoms with van der Waals surface area (Å²) in [5, 5.41) is 9.20. The van der Waals surface area contributed by atoms with Crippen LogP contribution in [-0.4, -0.2) is 53.3 Å². The Labute approximate surface area is 115 Å². The molecule has 1 heterocycles. The highest BCUT2D eigenvalue weighted by molar-refractivity contribution is 7.86. The quantitative estimate of drug-likeness (QED) is 0.800. The summed E-state index contributed by atoms with van der Waals surface area (Å²) in [5.74, 6) is -1.05. The van der Waals surface area contributed by atoms with Crippen LogP contribution in [0.4, 0.5) is 0 Å². The van der Waals surface area contributed by atoms with Crippen LogP contribution in [0.3, 0.4) is 0 Å². The summed E-state index contributed by atoms with van der Waals surface area (Å²) in [7, 11) is -3.69. The molecule has 1 rings (SSSR count). The fraction of sp³-hybridized carbons (Fsp3) is 0.917. The number of hydrogen-bond acceptors (Lipinski definition) is 3. The van der Waals surface area contributed by atoms with Gasteiger partial charge in [-0.15, -0.1) is 0 Å². The highest BCUT2D eigenvalue weighted by Crippen LogP contribution is 2.24. The SMILES string of the molecule is CCCN(C(C)C)S(=O)(=O)N1CCCCC1C(=O)O. The molecule has 7 heteroatoms. The number of piperidine rings is 1. The first kappa shape index (κ1) is 16.4. The van der Waals surface area contributed by atoms with Gasteiger partial charge in [0.1, 0.15) is 6.04 Å². The first-order valence-electron chi connectivity index (χ1n) is 6.83. The summed E-state index contributed by atoms with van der Waals surface area (Å²) in [5.41, 5.74) is 0. The van der Waals surface area contributed by atoms with Crippen molar-refractivity contribution < 1.29 is 18.3 Å². The molecule has 19 heavy (non-hydrogen) atoms. The Morgan fingerprint density at radius 3 is 2.53 bits per heavy atom. The number of carboxylic acid groups (broad SMARTS) is 1. The van der Waals surface area contributed by atoms with Gasteiger partial charge in [0.05, 0.1) is 0 Å². The number of rotatable bonds is 6. The Morgan fingerprint density at radius 1 is 1.42 bits per heavy atom. The second-order valence-corrected chi connectivity index (χ2v) is 7.01. The summed E-state index contributed by atoms with van der Waals surface area (Å²) in [6, 6.07) is -1.09. The average Bonchev–Trinajstić information content (AvgIpc) is 2.35. The van der Waals surface area contributed by atoms with Crippen molar-refractivity contribution in [2.75, 3.05) is 13.1 Å². The molecular weight excluding hydrogens is 268 g/mol. The third kappa shape index (κ3) is 3.67. The van der Waals surface area contributed by atoms with Gasteiger partial charge in [-0.25, -0.2) is 0 Å².